The van der Waals surface area contributed by atoms with Crippen molar-refractivity contribution < 1.29 is 0 Å². The zero-order valence-electron chi connectivity index (χ0n) is 10.6. The van der Waals surface area contributed by atoms with Crippen molar-refractivity contribution in [2.24, 2.45) is 0 Å². The molecule has 1 aromatic heterocycles. The van der Waals surface area contributed by atoms with Crippen molar-refractivity contribution in [3.8, 4) is 0 Å². The molecule has 94 valence electrons. The number of hydrogen-bond acceptors (Lipinski definition) is 3. The Labute approximate surface area is 113 Å². The van der Waals surface area contributed by atoms with E-state index in [0.717, 1.165) is 18.7 Å². The molecule has 2 rings (SSSR count). The lowest BCUT2D eigenvalue weighted by atomic mass is 10.2. The SMILES string of the molecule is CNCc1cccc(SCCc2ccncc2)c1. The highest BCUT2D eigenvalue weighted by atomic mass is 32.2. The van der Waals surface area contributed by atoms with Crippen LogP contribution in [0.4, 0.5) is 0 Å². The molecular weight excluding hydrogens is 240 g/mol. The van der Waals surface area contributed by atoms with Gasteiger partial charge in [-0.2, -0.15) is 0 Å². The van der Waals surface area contributed by atoms with Crippen LogP contribution in [0.5, 0.6) is 0 Å². The lowest BCUT2D eigenvalue weighted by Gasteiger charge is -2.05. The summed E-state index contributed by atoms with van der Waals surface area (Å²) < 4.78 is 0. The van der Waals surface area contributed by atoms with E-state index >= 15 is 0 Å². The Bertz CT molecular complexity index is 471. The third kappa shape index (κ3) is 4.17. The van der Waals surface area contributed by atoms with Gasteiger partial charge in [0.15, 0.2) is 0 Å². The number of benzene rings is 1. The van der Waals surface area contributed by atoms with Crippen LogP contribution in [0.1, 0.15) is 11.1 Å². The summed E-state index contributed by atoms with van der Waals surface area (Å²) in [6, 6.07) is 12.9. The van der Waals surface area contributed by atoms with Gasteiger partial charge < -0.3 is 5.32 Å². The van der Waals surface area contributed by atoms with Crippen LogP contribution in [0.2, 0.25) is 0 Å². The highest BCUT2D eigenvalue weighted by Crippen LogP contribution is 2.20. The summed E-state index contributed by atoms with van der Waals surface area (Å²) >= 11 is 1.91. The summed E-state index contributed by atoms with van der Waals surface area (Å²) in [5.41, 5.74) is 2.69. The van der Waals surface area contributed by atoms with E-state index in [9.17, 15) is 0 Å². The van der Waals surface area contributed by atoms with Gasteiger partial charge in [-0.15, -0.1) is 11.8 Å². The minimum absolute atomic E-state index is 0.929. The molecule has 0 aliphatic heterocycles. The first kappa shape index (κ1) is 13.1. The number of nitrogens with zero attached hydrogens (tertiary/aromatic N) is 1. The first-order valence-corrected chi connectivity index (χ1v) is 7.12. The predicted octanol–water partition coefficient (Wildman–Crippen LogP) is 3.14. The monoisotopic (exact) mass is 258 g/mol. The smallest absolute Gasteiger partial charge is 0.0270 e. The summed E-state index contributed by atoms with van der Waals surface area (Å²) in [5.74, 6) is 1.10. The second-order valence-electron chi connectivity index (χ2n) is 4.13. The highest BCUT2D eigenvalue weighted by molar-refractivity contribution is 7.99. The van der Waals surface area contributed by atoms with Crippen LogP contribution in [0.15, 0.2) is 53.7 Å². The number of nitrogens with one attached hydrogen (secondary N) is 1. The molecule has 0 spiro atoms. The number of thioether (sulfide) groups is 1. The van der Waals surface area contributed by atoms with Crippen LogP contribution < -0.4 is 5.32 Å². The molecule has 0 saturated heterocycles. The Morgan fingerprint density at radius 2 is 1.94 bits per heavy atom. The van der Waals surface area contributed by atoms with E-state index in [4.69, 9.17) is 0 Å². The lowest BCUT2D eigenvalue weighted by molar-refractivity contribution is 0.815. The first-order chi connectivity index (χ1) is 8.88. The molecule has 0 aliphatic rings. The Hall–Kier alpha value is -1.32. The molecule has 3 heteroatoms. The van der Waals surface area contributed by atoms with Crippen LogP contribution >= 0.6 is 11.8 Å². The quantitative estimate of drug-likeness (QED) is 0.806. The van der Waals surface area contributed by atoms with Gasteiger partial charge in [-0.25, -0.2) is 0 Å². The van der Waals surface area contributed by atoms with Crippen LogP contribution in [0.3, 0.4) is 0 Å². The minimum atomic E-state index is 0.929. The van der Waals surface area contributed by atoms with E-state index in [1.807, 2.05) is 31.2 Å². The Balaban J connectivity index is 1.84. The number of pyridine rings is 1. The molecule has 0 amide bonds. The molecule has 0 saturated carbocycles. The minimum Gasteiger partial charge on any atom is -0.316 e. The van der Waals surface area contributed by atoms with Crippen molar-refractivity contribution in [3.63, 3.8) is 0 Å². The summed E-state index contributed by atoms with van der Waals surface area (Å²) in [5, 5.41) is 3.18. The molecule has 2 nitrogen and oxygen atoms in total. The zero-order valence-corrected chi connectivity index (χ0v) is 11.4. The van der Waals surface area contributed by atoms with Crippen molar-refractivity contribution in [2.45, 2.75) is 17.9 Å². The van der Waals surface area contributed by atoms with Crippen LogP contribution in [0.25, 0.3) is 0 Å². The van der Waals surface area contributed by atoms with Gasteiger partial charge in [-0.1, -0.05) is 12.1 Å². The van der Waals surface area contributed by atoms with Gasteiger partial charge in [0, 0.05) is 29.6 Å². The van der Waals surface area contributed by atoms with E-state index in [-0.39, 0.29) is 0 Å². The maximum absolute atomic E-state index is 4.03. The van der Waals surface area contributed by atoms with Crippen molar-refractivity contribution in [3.05, 3.63) is 59.9 Å². The number of hydrogen-bond donors (Lipinski definition) is 1. The standard InChI is InChI=1S/C15H18N2S/c1-16-12-14-3-2-4-15(11-14)18-10-7-13-5-8-17-9-6-13/h2-6,8-9,11,16H,7,10,12H2,1H3. The fraction of sp³-hybridized carbons (Fsp3) is 0.267. The van der Waals surface area contributed by atoms with E-state index in [1.165, 1.54) is 16.0 Å². The van der Waals surface area contributed by atoms with E-state index in [1.54, 1.807) is 0 Å². The normalized spacial score (nSPS) is 10.5. The number of aromatic nitrogens is 1. The molecule has 1 N–H and O–H groups in total. The number of rotatable bonds is 6. The Morgan fingerprint density at radius 1 is 1.11 bits per heavy atom. The van der Waals surface area contributed by atoms with Crippen molar-refractivity contribution in [1.29, 1.82) is 0 Å². The highest BCUT2D eigenvalue weighted by Gasteiger charge is 1.97. The molecular formula is C15H18N2S. The molecule has 1 heterocycles. The lowest BCUT2D eigenvalue weighted by Crippen LogP contribution is -2.04. The van der Waals surface area contributed by atoms with Gasteiger partial charge >= 0.3 is 0 Å². The van der Waals surface area contributed by atoms with Gasteiger partial charge in [-0.05, 0) is 48.9 Å². The third-order valence-corrected chi connectivity index (χ3v) is 3.68. The van der Waals surface area contributed by atoms with Gasteiger partial charge in [-0.3, -0.25) is 4.98 Å². The molecule has 0 unspecified atom stereocenters. The average molecular weight is 258 g/mol. The Morgan fingerprint density at radius 3 is 2.72 bits per heavy atom. The zero-order chi connectivity index (χ0) is 12.6. The largest absolute Gasteiger partial charge is 0.316 e. The summed E-state index contributed by atoms with van der Waals surface area (Å²) in [7, 11) is 1.98. The van der Waals surface area contributed by atoms with E-state index in [0.29, 0.717) is 0 Å². The van der Waals surface area contributed by atoms with E-state index < -0.39 is 0 Å². The van der Waals surface area contributed by atoms with Gasteiger partial charge in [0.25, 0.3) is 0 Å². The van der Waals surface area contributed by atoms with Gasteiger partial charge in [0.05, 0.1) is 0 Å². The summed E-state index contributed by atoms with van der Waals surface area (Å²) in [6.45, 7) is 0.929. The molecule has 0 radical (unpaired) electrons. The van der Waals surface area contributed by atoms with Crippen molar-refractivity contribution in [1.82, 2.24) is 10.3 Å². The molecule has 1 aromatic carbocycles. The fourth-order valence-electron chi connectivity index (χ4n) is 1.79. The predicted molar refractivity (Wildman–Crippen MR) is 77.9 cm³/mol. The maximum Gasteiger partial charge on any atom is 0.0270 e. The van der Waals surface area contributed by atoms with Crippen LogP contribution in [-0.2, 0) is 13.0 Å². The second kappa shape index (κ2) is 7.19. The molecule has 2 aromatic rings. The summed E-state index contributed by atoms with van der Waals surface area (Å²) in [6.07, 6.45) is 4.80. The molecule has 0 atom stereocenters. The van der Waals surface area contributed by atoms with Crippen LogP contribution in [0, 0.1) is 0 Å². The van der Waals surface area contributed by atoms with Gasteiger partial charge in [0.1, 0.15) is 0 Å². The first-order valence-electron chi connectivity index (χ1n) is 6.14. The van der Waals surface area contributed by atoms with Gasteiger partial charge in [0.2, 0.25) is 0 Å². The third-order valence-electron chi connectivity index (χ3n) is 2.69. The topological polar surface area (TPSA) is 24.9 Å². The molecule has 0 aliphatic carbocycles. The van der Waals surface area contributed by atoms with Crippen LogP contribution in [-0.4, -0.2) is 17.8 Å². The van der Waals surface area contributed by atoms with Crippen molar-refractivity contribution >= 4 is 11.8 Å². The molecule has 0 bridgehead atoms. The Kier molecular flexibility index (Phi) is 5.24. The fourth-order valence-corrected chi connectivity index (χ4v) is 2.77. The molecule has 0 fully saturated rings. The molecule has 18 heavy (non-hydrogen) atoms. The second-order valence-corrected chi connectivity index (χ2v) is 5.30. The number of aryl methyl sites for hydroxylation is 1. The average Bonchev–Trinajstić information content (AvgIpc) is 2.41. The van der Waals surface area contributed by atoms with Crippen molar-refractivity contribution in [2.75, 3.05) is 12.8 Å². The van der Waals surface area contributed by atoms with E-state index in [2.05, 4.69) is 46.7 Å². The maximum atomic E-state index is 4.03. The summed E-state index contributed by atoms with van der Waals surface area (Å²) in [4.78, 5) is 5.37.